The Morgan fingerprint density at radius 1 is 1.60 bits per heavy atom. The smallest absolute Gasteiger partial charge is 0.287 e. The van der Waals surface area contributed by atoms with Gasteiger partial charge >= 0.3 is 0 Å². The van der Waals surface area contributed by atoms with Crippen molar-refractivity contribution in [3.63, 3.8) is 0 Å². The van der Waals surface area contributed by atoms with Crippen LogP contribution in [0.3, 0.4) is 0 Å². The Balaban J connectivity index is 3.54. The maximum atomic E-state index is 11.0. The largest absolute Gasteiger partial charge is 0.496 e. The molecule has 0 heterocycles. The highest BCUT2D eigenvalue weighted by molar-refractivity contribution is 6.31. The van der Waals surface area contributed by atoms with Crippen LogP contribution in [-0.2, 0) is 0 Å². The van der Waals surface area contributed by atoms with Crippen LogP contribution in [-0.4, -0.2) is 17.9 Å². The normalized spacial score (nSPS) is 9.73. The van der Waals surface area contributed by atoms with Crippen molar-refractivity contribution in [1.29, 1.82) is 0 Å². The van der Waals surface area contributed by atoms with Gasteiger partial charge in [0.25, 0.3) is 11.6 Å². The van der Waals surface area contributed by atoms with Gasteiger partial charge < -0.3 is 10.5 Å². The number of nitro benzene ring substituents is 1. The van der Waals surface area contributed by atoms with E-state index in [1.54, 1.807) is 0 Å². The molecule has 0 radical (unpaired) electrons. The number of ether oxygens (including phenoxy) is 1. The van der Waals surface area contributed by atoms with Gasteiger partial charge in [-0.05, 0) is 0 Å². The van der Waals surface area contributed by atoms with E-state index in [-0.39, 0.29) is 16.3 Å². The molecule has 0 saturated carbocycles. The van der Waals surface area contributed by atoms with E-state index in [4.69, 9.17) is 22.1 Å². The van der Waals surface area contributed by atoms with Crippen molar-refractivity contribution >= 4 is 23.2 Å². The monoisotopic (exact) mass is 230 g/mol. The van der Waals surface area contributed by atoms with Crippen LogP contribution in [0.25, 0.3) is 0 Å². The number of nitrogens with zero attached hydrogens (tertiary/aromatic N) is 1. The average Bonchev–Trinajstić information content (AvgIpc) is 2.15. The zero-order chi connectivity index (χ0) is 11.6. The topological polar surface area (TPSA) is 95.5 Å². The summed E-state index contributed by atoms with van der Waals surface area (Å²) in [6.07, 6.45) is 0. The number of amides is 1. The molecule has 7 heteroatoms. The number of primary amides is 1. The van der Waals surface area contributed by atoms with Crippen molar-refractivity contribution in [3.8, 4) is 5.75 Å². The summed E-state index contributed by atoms with van der Waals surface area (Å²) < 4.78 is 4.79. The van der Waals surface area contributed by atoms with E-state index in [0.29, 0.717) is 0 Å². The second-order valence-corrected chi connectivity index (χ2v) is 3.06. The minimum absolute atomic E-state index is 0.0123. The number of methoxy groups -OCH3 is 1. The molecular formula is C8H7ClN2O4. The number of carbonyl (C=O) groups excluding carboxylic acids is 1. The third-order valence-electron chi connectivity index (χ3n) is 1.71. The molecule has 0 saturated heterocycles. The number of benzene rings is 1. The number of hydrogen-bond donors (Lipinski definition) is 1. The van der Waals surface area contributed by atoms with Gasteiger partial charge in [-0.2, -0.15) is 0 Å². The number of carbonyl (C=O) groups is 1. The minimum atomic E-state index is -0.935. The molecule has 0 unspecified atom stereocenters. The molecule has 1 rings (SSSR count). The summed E-state index contributed by atoms with van der Waals surface area (Å²) >= 11 is 5.61. The van der Waals surface area contributed by atoms with Crippen LogP contribution in [0.2, 0.25) is 5.02 Å². The highest BCUT2D eigenvalue weighted by Crippen LogP contribution is 2.31. The molecule has 0 bridgehead atoms. The Labute approximate surface area is 89.7 Å². The molecule has 0 atom stereocenters. The Morgan fingerprint density at radius 2 is 2.20 bits per heavy atom. The molecule has 0 spiro atoms. The Hall–Kier alpha value is -1.82. The van der Waals surface area contributed by atoms with Gasteiger partial charge in [-0.25, -0.2) is 0 Å². The maximum Gasteiger partial charge on any atom is 0.287 e. The van der Waals surface area contributed by atoms with Gasteiger partial charge in [-0.3, -0.25) is 14.9 Å². The van der Waals surface area contributed by atoms with E-state index in [1.807, 2.05) is 0 Å². The lowest BCUT2D eigenvalue weighted by Crippen LogP contribution is -2.14. The van der Waals surface area contributed by atoms with Crippen molar-refractivity contribution in [3.05, 3.63) is 32.8 Å². The van der Waals surface area contributed by atoms with Crippen molar-refractivity contribution < 1.29 is 14.5 Å². The Morgan fingerprint density at radius 3 is 2.60 bits per heavy atom. The van der Waals surface area contributed by atoms with Crippen LogP contribution in [0.5, 0.6) is 5.75 Å². The second-order valence-electron chi connectivity index (χ2n) is 2.62. The van der Waals surface area contributed by atoms with E-state index in [2.05, 4.69) is 0 Å². The quantitative estimate of drug-likeness (QED) is 0.626. The predicted octanol–water partition coefficient (Wildman–Crippen LogP) is 1.36. The van der Waals surface area contributed by atoms with Crippen LogP contribution in [0.15, 0.2) is 12.1 Å². The van der Waals surface area contributed by atoms with E-state index in [1.165, 1.54) is 13.2 Å². The zero-order valence-corrected chi connectivity index (χ0v) is 8.45. The van der Waals surface area contributed by atoms with Gasteiger partial charge in [0.1, 0.15) is 5.75 Å². The Kier molecular flexibility index (Phi) is 3.11. The molecule has 0 aromatic heterocycles. The van der Waals surface area contributed by atoms with Gasteiger partial charge in [0.15, 0.2) is 5.56 Å². The van der Waals surface area contributed by atoms with Crippen molar-refractivity contribution in [2.75, 3.05) is 7.11 Å². The zero-order valence-electron chi connectivity index (χ0n) is 7.69. The summed E-state index contributed by atoms with van der Waals surface area (Å²) in [5.74, 6) is -0.947. The first-order chi connectivity index (χ1) is 6.97. The van der Waals surface area contributed by atoms with Gasteiger partial charge in [-0.15, -0.1) is 0 Å². The average molecular weight is 231 g/mol. The van der Waals surface area contributed by atoms with Crippen LogP contribution >= 0.6 is 11.6 Å². The summed E-state index contributed by atoms with van der Waals surface area (Å²) in [5.41, 5.74) is 4.26. The SMILES string of the molecule is COc1cc(Cl)cc([N+](=O)[O-])c1C(N)=O. The summed E-state index contributed by atoms with van der Waals surface area (Å²) in [7, 11) is 1.27. The van der Waals surface area contributed by atoms with Gasteiger partial charge in [0.05, 0.1) is 17.1 Å². The Bertz CT molecular complexity index is 433. The fourth-order valence-corrected chi connectivity index (χ4v) is 1.32. The lowest BCUT2D eigenvalue weighted by Gasteiger charge is -2.06. The van der Waals surface area contributed by atoms with Crippen LogP contribution in [0.4, 0.5) is 5.69 Å². The predicted molar refractivity (Wildman–Crippen MR) is 53.2 cm³/mol. The van der Waals surface area contributed by atoms with Crippen LogP contribution in [0.1, 0.15) is 10.4 Å². The number of halogens is 1. The molecule has 1 aromatic rings. The van der Waals surface area contributed by atoms with E-state index < -0.39 is 16.5 Å². The highest BCUT2D eigenvalue weighted by Gasteiger charge is 2.24. The molecule has 0 aliphatic rings. The van der Waals surface area contributed by atoms with Crippen molar-refractivity contribution in [2.45, 2.75) is 0 Å². The molecule has 15 heavy (non-hydrogen) atoms. The summed E-state index contributed by atoms with van der Waals surface area (Å²) in [4.78, 5) is 20.9. The summed E-state index contributed by atoms with van der Waals surface area (Å²) in [6.45, 7) is 0. The first-order valence-corrected chi connectivity index (χ1v) is 4.17. The molecule has 6 nitrogen and oxygen atoms in total. The number of nitrogens with two attached hydrogens (primary N) is 1. The van der Waals surface area contributed by atoms with Crippen molar-refractivity contribution in [1.82, 2.24) is 0 Å². The van der Waals surface area contributed by atoms with E-state index >= 15 is 0 Å². The first-order valence-electron chi connectivity index (χ1n) is 3.79. The highest BCUT2D eigenvalue weighted by atomic mass is 35.5. The van der Waals surface area contributed by atoms with E-state index in [0.717, 1.165) is 6.07 Å². The van der Waals surface area contributed by atoms with Gasteiger partial charge in [0, 0.05) is 12.1 Å². The van der Waals surface area contributed by atoms with E-state index in [9.17, 15) is 14.9 Å². The lowest BCUT2D eigenvalue weighted by atomic mass is 10.1. The van der Waals surface area contributed by atoms with Crippen LogP contribution < -0.4 is 10.5 Å². The fourth-order valence-electron chi connectivity index (χ4n) is 1.12. The fraction of sp³-hybridized carbons (Fsp3) is 0.125. The summed E-state index contributed by atoms with van der Waals surface area (Å²) in [6, 6.07) is 2.33. The van der Waals surface area contributed by atoms with Crippen LogP contribution in [0, 0.1) is 10.1 Å². The number of rotatable bonds is 3. The van der Waals surface area contributed by atoms with Crippen molar-refractivity contribution in [2.24, 2.45) is 5.73 Å². The van der Waals surface area contributed by atoms with Gasteiger partial charge in [-0.1, -0.05) is 11.6 Å². The molecule has 1 aromatic carbocycles. The standard InChI is InChI=1S/C8H7ClN2O4/c1-15-6-3-4(9)2-5(11(13)14)7(6)8(10)12/h2-3H,1H3,(H2,10,12). The third-order valence-corrected chi connectivity index (χ3v) is 1.93. The molecule has 80 valence electrons. The maximum absolute atomic E-state index is 11.0. The molecule has 0 fully saturated rings. The number of hydrogen-bond acceptors (Lipinski definition) is 4. The molecule has 0 aliphatic carbocycles. The minimum Gasteiger partial charge on any atom is -0.496 e. The number of nitro groups is 1. The molecule has 1 amide bonds. The summed E-state index contributed by atoms with van der Waals surface area (Å²) in [5, 5.41) is 10.7. The molecular weight excluding hydrogens is 224 g/mol. The second kappa shape index (κ2) is 4.14. The third kappa shape index (κ3) is 2.16. The lowest BCUT2D eigenvalue weighted by molar-refractivity contribution is -0.385. The molecule has 0 aliphatic heterocycles. The van der Waals surface area contributed by atoms with Gasteiger partial charge in [0.2, 0.25) is 0 Å². The first kappa shape index (κ1) is 11.3. The molecule has 2 N–H and O–H groups in total.